The third kappa shape index (κ3) is 4.87. The highest BCUT2D eigenvalue weighted by atomic mass is 35.5. The second-order valence-electron chi connectivity index (χ2n) is 7.17. The molecule has 0 aliphatic rings. The van der Waals surface area contributed by atoms with E-state index in [1.807, 2.05) is 80.8 Å². The minimum atomic E-state index is -0.0227. The van der Waals surface area contributed by atoms with E-state index in [4.69, 9.17) is 4.98 Å². The van der Waals surface area contributed by atoms with Crippen LogP contribution in [0.3, 0.4) is 0 Å². The highest BCUT2D eigenvalue weighted by Gasteiger charge is 2.21. The largest absolute Gasteiger partial charge is 0.308 e. The Bertz CT molecular complexity index is 1080. The molecule has 0 radical (unpaired) electrons. The first kappa shape index (κ1) is 22.0. The normalized spacial score (nSPS) is 10.8. The van der Waals surface area contributed by atoms with Gasteiger partial charge in [0.15, 0.2) is 5.13 Å². The summed E-state index contributed by atoms with van der Waals surface area (Å²) in [5.41, 5.74) is 3.83. The number of amides is 1. The van der Waals surface area contributed by atoms with E-state index >= 15 is 0 Å². The molecule has 0 unspecified atom stereocenters. The molecule has 3 aromatic carbocycles. The first-order chi connectivity index (χ1) is 14.1. The number of fused-ring (bicyclic) bond motifs is 1. The zero-order chi connectivity index (χ0) is 20.2. The molecule has 0 saturated carbocycles. The Balaban J connectivity index is 0.00000256. The Labute approximate surface area is 187 Å². The average Bonchev–Trinajstić information content (AvgIpc) is 3.18. The van der Waals surface area contributed by atoms with Gasteiger partial charge in [-0.2, -0.15) is 0 Å². The number of rotatable bonds is 6. The van der Waals surface area contributed by atoms with Crippen LogP contribution in [0.4, 0.5) is 5.13 Å². The fourth-order valence-corrected chi connectivity index (χ4v) is 4.14. The van der Waals surface area contributed by atoms with Gasteiger partial charge < -0.3 is 4.90 Å². The number of benzene rings is 3. The van der Waals surface area contributed by atoms with E-state index in [0.717, 1.165) is 33.0 Å². The molecule has 4 rings (SSSR count). The molecule has 0 N–H and O–H groups in total. The predicted molar refractivity (Wildman–Crippen MR) is 129 cm³/mol. The van der Waals surface area contributed by atoms with Crippen molar-refractivity contribution in [1.82, 2.24) is 9.88 Å². The Morgan fingerprint density at radius 2 is 1.47 bits per heavy atom. The third-order valence-corrected chi connectivity index (χ3v) is 5.83. The second-order valence-corrected chi connectivity index (χ2v) is 8.18. The first-order valence-electron chi connectivity index (χ1n) is 9.59. The second kappa shape index (κ2) is 9.85. The molecule has 0 spiro atoms. The van der Waals surface area contributed by atoms with Gasteiger partial charge >= 0.3 is 0 Å². The Morgan fingerprint density at radius 1 is 0.833 bits per heavy atom. The molecular formula is C24H24ClN3OS. The van der Waals surface area contributed by atoms with Gasteiger partial charge in [0, 0.05) is 18.7 Å². The van der Waals surface area contributed by atoms with Crippen molar-refractivity contribution in [2.45, 2.75) is 0 Å². The summed E-state index contributed by atoms with van der Waals surface area (Å²) in [7, 11) is 4.02. The van der Waals surface area contributed by atoms with Gasteiger partial charge in [-0.05, 0) is 49.5 Å². The topological polar surface area (TPSA) is 36.4 Å². The quantitative estimate of drug-likeness (QED) is 0.394. The van der Waals surface area contributed by atoms with Gasteiger partial charge in [-0.3, -0.25) is 9.69 Å². The molecule has 0 aliphatic carbocycles. The zero-order valence-electron chi connectivity index (χ0n) is 17.0. The average molecular weight is 438 g/mol. The summed E-state index contributed by atoms with van der Waals surface area (Å²) in [4.78, 5) is 21.9. The van der Waals surface area contributed by atoms with E-state index in [-0.39, 0.29) is 18.3 Å². The van der Waals surface area contributed by atoms with Crippen molar-refractivity contribution in [2.24, 2.45) is 0 Å². The molecule has 4 nitrogen and oxygen atoms in total. The van der Waals surface area contributed by atoms with Crippen LogP contribution in [0, 0.1) is 0 Å². The zero-order valence-corrected chi connectivity index (χ0v) is 18.6. The van der Waals surface area contributed by atoms with Crippen LogP contribution in [0.1, 0.15) is 10.4 Å². The number of carbonyl (C=O) groups excluding carboxylic acids is 1. The van der Waals surface area contributed by atoms with Crippen LogP contribution in [0.2, 0.25) is 0 Å². The standard InChI is InChI=1S/C24H23N3OS.ClH/c1-26(2)16-17-27(24-25-21-10-6-7-11-22(21)29-24)23(28)20-14-12-19(13-15-20)18-8-4-3-5-9-18;/h3-15H,16-17H2,1-2H3;1H. The highest BCUT2D eigenvalue weighted by molar-refractivity contribution is 7.22. The van der Waals surface area contributed by atoms with Gasteiger partial charge in [0.05, 0.1) is 10.2 Å². The lowest BCUT2D eigenvalue weighted by molar-refractivity contribution is 0.0985. The van der Waals surface area contributed by atoms with Crippen molar-refractivity contribution < 1.29 is 4.79 Å². The number of halogens is 1. The lowest BCUT2D eigenvalue weighted by atomic mass is 10.0. The Hall–Kier alpha value is -2.73. The Morgan fingerprint density at radius 3 is 2.13 bits per heavy atom. The van der Waals surface area contributed by atoms with E-state index in [1.54, 1.807) is 16.2 Å². The van der Waals surface area contributed by atoms with Crippen LogP contribution in [0.15, 0.2) is 78.9 Å². The maximum atomic E-state index is 13.4. The minimum Gasteiger partial charge on any atom is -0.308 e. The number of hydrogen-bond donors (Lipinski definition) is 0. The molecule has 6 heteroatoms. The fraction of sp³-hybridized carbons (Fsp3) is 0.167. The summed E-state index contributed by atoms with van der Waals surface area (Å²) in [5.74, 6) is -0.0227. The maximum absolute atomic E-state index is 13.4. The van der Waals surface area contributed by atoms with Gasteiger partial charge in [-0.1, -0.05) is 65.9 Å². The molecular weight excluding hydrogens is 414 g/mol. The molecule has 154 valence electrons. The van der Waals surface area contributed by atoms with Crippen LogP contribution in [0.25, 0.3) is 21.3 Å². The molecule has 1 amide bonds. The molecule has 4 aromatic rings. The number of thiazole rings is 1. The smallest absolute Gasteiger partial charge is 0.260 e. The van der Waals surface area contributed by atoms with Crippen molar-refractivity contribution in [3.63, 3.8) is 0 Å². The van der Waals surface area contributed by atoms with Gasteiger partial charge in [0.2, 0.25) is 0 Å². The molecule has 0 fully saturated rings. The van der Waals surface area contributed by atoms with Gasteiger partial charge in [-0.15, -0.1) is 12.4 Å². The van der Waals surface area contributed by atoms with Crippen molar-refractivity contribution in [3.05, 3.63) is 84.4 Å². The molecule has 30 heavy (non-hydrogen) atoms. The van der Waals surface area contributed by atoms with Crippen LogP contribution in [0.5, 0.6) is 0 Å². The Kier molecular flexibility index (Phi) is 7.21. The van der Waals surface area contributed by atoms with Crippen molar-refractivity contribution in [1.29, 1.82) is 0 Å². The summed E-state index contributed by atoms with van der Waals surface area (Å²) in [6, 6.07) is 26.0. The lowest BCUT2D eigenvalue weighted by Crippen LogP contribution is -2.36. The van der Waals surface area contributed by atoms with Gasteiger partial charge in [0.1, 0.15) is 0 Å². The summed E-state index contributed by atoms with van der Waals surface area (Å²) in [6.45, 7) is 1.36. The van der Waals surface area contributed by atoms with Crippen LogP contribution < -0.4 is 4.90 Å². The lowest BCUT2D eigenvalue weighted by Gasteiger charge is -2.22. The van der Waals surface area contributed by atoms with Crippen molar-refractivity contribution >= 4 is 45.0 Å². The monoisotopic (exact) mass is 437 g/mol. The minimum absolute atomic E-state index is 0. The molecule has 0 saturated heterocycles. The number of hydrogen-bond acceptors (Lipinski definition) is 4. The molecule has 0 bridgehead atoms. The number of aromatic nitrogens is 1. The van der Waals surface area contributed by atoms with Crippen molar-refractivity contribution in [3.8, 4) is 11.1 Å². The van der Waals surface area contributed by atoms with E-state index in [0.29, 0.717) is 12.1 Å². The van der Waals surface area contributed by atoms with Crippen LogP contribution in [-0.4, -0.2) is 43.0 Å². The third-order valence-electron chi connectivity index (χ3n) is 4.77. The predicted octanol–water partition coefficient (Wildman–Crippen LogP) is 5.59. The van der Waals surface area contributed by atoms with Crippen molar-refractivity contribution in [2.75, 3.05) is 32.1 Å². The summed E-state index contributed by atoms with van der Waals surface area (Å²) >= 11 is 1.56. The summed E-state index contributed by atoms with van der Waals surface area (Å²) < 4.78 is 1.09. The number of likely N-dealkylation sites (N-methyl/N-ethyl adjacent to an activating group) is 1. The maximum Gasteiger partial charge on any atom is 0.260 e. The first-order valence-corrected chi connectivity index (χ1v) is 10.4. The SMILES string of the molecule is CN(C)CCN(C(=O)c1ccc(-c2ccccc2)cc1)c1nc2ccccc2s1.Cl. The van der Waals surface area contributed by atoms with E-state index in [2.05, 4.69) is 17.0 Å². The fourth-order valence-electron chi connectivity index (χ4n) is 3.15. The van der Waals surface area contributed by atoms with Gasteiger partial charge in [0.25, 0.3) is 5.91 Å². The number of para-hydroxylation sites is 1. The van der Waals surface area contributed by atoms with Crippen LogP contribution in [-0.2, 0) is 0 Å². The molecule has 0 aliphatic heterocycles. The van der Waals surface area contributed by atoms with E-state index < -0.39 is 0 Å². The van der Waals surface area contributed by atoms with Gasteiger partial charge in [-0.25, -0.2) is 4.98 Å². The van der Waals surface area contributed by atoms with Crippen LogP contribution >= 0.6 is 23.7 Å². The molecule has 0 atom stereocenters. The number of nitrogens with zero attached hydrogens (tertiary/aromatic N) is 3. The highest BCUT2D eigenvalue weighted by Crippen LogP contribution is 2.30. The van der Waals surface area contributed by atoms with E-state index in [1.165, 1.54) is 0 Å². The molecule has 1 aromatic heterocycles. The number of anilines is 1. The summed E-state index contributed by atoms with van der Waals surface area (Å²) in [6.07, 6.45) is 0. The number of carbonyl (C=O) groups is 1. The van der Waals surface area contributed by atoms with E-state index in [9.17, 15) is 4.79 Å². The summed E-state index contributed by atoms with van der Waals surface area (Å²) in [5, 5.41) is 0.741. The molecule has 1 heterocycles.